The number of carbonyl (C=O) groups is 1. The second-order valence-electron chi connectivity index (χ2n) is 4.90. The molecule has 1 amide bonds. The van der Waals surface area contributed by atoms with Gasteiger partial charge < -0.3 is 10.1 Å². The summed E-state index contributed by atoms with van der Waals surface area (Å²) in [4.78, 5) is 12.0. The molecule has 0 radical (unpaired) electrons. The van der Waals surface area contributed by atoms with Gasteiger partial charge in [0.2, 0.25) is 0 Å². The fraction of sp³-hybridized carbons (Fsp3) is 0.235. The van der Waals surface area contributed by atoms with Gasteiger partial charge in [-0.15, -0.1) is 0 Å². The van der Waals surface area contributed by atoms with Gasteiger partial charge in [-0.2, -0.15) is 13.2 Å². The topological polar surface area (TPSA) is 38.3 Å². The Kier molecular flexibility index (Phi) is 5.26. The van der Waals surface area contributed by atoms with Gasteiger partial charge in [0.15, 0.2) is 0 Å². The number of ether oxygens (including phenoxy) is 1. The number of halogens is 3. The number of amides is 1. The Morgan fingerprint density at radius 3 is 2.17 bits per heavy atom. The van der Waals surface area contributed by atoms with Crippen LogP contribution in [0.15, 0.2) is 48.5 Å². The Balaban J connectivity index is 2.01. The normalized spacial score (nSPS) is 11.1. The number of alkyl halides is 3. The average Bonchev–Trinajstić information content (AvgIpc) is 2.53. The summed E-state index contributed by atoms with van der Waals surface area (Å²) in [6.45, 7) is 2.59. The highest BCUT2D eigenvalue weighted by Gasteiger charge is 2.29. The van der Waals surface area contributed by atoms with E-state index in [1.54, 1.807) is 24.3 Å². The van der Waals surface area contributed by atoms with Crippen molar-refractivity contribution in [1.29, 1.82) is 0 Å². The second kappa shape index (κ2) is 7.17. The molecule has 0 saturated carbocycles. The molecule has 122 valence electrons. The van der Waals surface area contributed by atoms with Crippen LogP contribution in [-0.4, -0.2) is 12.5 Å². The lowest BCUT2D eigenvalue weighted by molar-refractivity contribution is -0.137. The van der Waals surface area contributed by atoms with Gasteiger partial charge in [0, 0.05) is 11.3 Å². The van der Waals surface area contributed by atoms with Crippen molar-refractivity contribution < 1.29 is 22.7 Å². The van der Waals surface area contributed by atoms with Crippen LogP contribution in [0.1, 0.15) is 29.3 Å². The fourth-order valence-corrected chi connectivity index (χ4v) is 1.87. The van der Waals surface area contributed by atoms with Crippen LogP contribution in [0.2, 0.25) is 0 Å². The van der Waals surface area contributed by atoms with Gasteiger partial charge in [-0.3, -0.25) is 4.79 Å². The van der Waals surface area contributed by atoms with E-state index >= 15 is 0 Å². The number of nitrogens with one attached hydrogen (secondary N) is 1. The third kappa shape index (κ3) is 4.74. The van der Waals surface area contributed by atoms with Crippen molar-refractivity contribution in [3.63, 3.8) is 0 Å². The predicted molar refractivity (Wildman–Crippen MR) is 81.6 cm³/mol. The highest BCUT2D eigenvalue weighted by Crippen LogP contribution is 2.29. The minimum atomic E-state index is -4.39. The van der Waals surface area contributed by atoms with Crippen molar-refractivity contribution in [2.75, 3.05) is 11.9 Å². The Hall–Kier alpha value is -2.50. The first-order chi connectivity index (χ1) is 10.9. The number of hydrogen-bond donors (Lipinski definition) is 1. The first-order valence-electron chi connectivity index (χ1n) is 7.11. The van der Waals surface area contributed by atoms with Crippen LogP contribution in [0.5, 0.6) is 5.75 Å². The van der Waals surface area contributed by atoms with Gasteiger partial charge in [0.25, 0.3) is 5.91 Å². The van der Waals surface area contributed by atoms with E-state index in [0.717, 1.165) is 18.6 Å². The molecule has 2 rings (SSSR count). The van der Waals surface area contributed by atoms with Crippen molar-refractivity contribution in [3.05, 3.63) is 59.7 Å². The zero-order chi connectivity index (χ0) is 16.9. The summed E-state index contributed by atoms with van der Waals surface area (Å²) in [5.41, 5.74) is -0.0593. The molecule has 0 fully saturated rings. The molecule has 0 bridgehead atoms. The van der Waals surface area contributed by atoms with Crippen LogP contribution in [-0.2, 0) is 6.18 Å². The Bertz CT molecular complexity index is 649. The number of anilines is 1. The summed E-state index contributed by atoms with van der Waals surface area (Å²) in [7, 11) is 0. The van der Waals surface area contributed by atoms with Crippen molar-refractivity contribution in [2.45, 2.75) is 19.5 Å². The van der Waals surface area contributed by atoms with E-state index in [0.29, 0.717) is 23.6 Å². The van der Waals surface area contributed by atoms with Crippen LogP contribution < -0.4 is 10.1 Å². The van der Waals surface area contributed by atoms with Crippen LogP contribution >= 0.6 is 0 Å². The molecule has 23 heavy (non-hydrogen) atoms. The summed E-state index contributed by atoms with van der Waals surface area (Å²) in [6.07, 6.45) is -3.51. The molecule has 0 unspecified atom stereocenters. The molecule has 0 saturated heterocycles. The zero-order valence-corrected chi connectivity index (χ0v) is 12.5. The van der Waals surface area contributed by atoms with Crippen molar-refractivity contribution in [1.82, 2.24) is 0 Å². The Morgan fingerprint density at radius 2 is 1.65 bits per heavy atom. The molecule has 0 heterocycles. The molecule has 0 spiro atoms. The van der Waals surface area contributed by atoms with E-state index in [1.807, 2.05) is 6.92 Å². The maximum absolute atomic E-state index is 12.5. The molecule has 2 aromatic rings. The molecule has 1 N–H and O–H groups in total. The lowest BCUT2D eigenvalue weighted by Crippen LogP contribution is -2.12. The van der Waals surface area contributed by atoms with Gasteiger partial charge in [-0.25, -0.2) is 0 Å². The van der Waals surface area contributed by atoms with Crippen LogP contribution in [0.3, 0.4) is 0 Å². The molecule has 3 nitrogen and oxygen atoms in total. The monoisotopic (exact) mass is 323 g/mol. The maximum atomic E-state index is 12.5. The zero-order valence-electron chi connectivity index (χ0n) is 12.5. The van der Waals surface area contributed by atoms with Gasteiger partial charge in [-0.1, -0.05) is 6.92 Å². The highest BCUT2D eigenvalue weighted by atomic mass is 19.4. The number of hydrogen-bond acceptors (Lipinski definition) is 2. The van der Waals surface area contributed by atoms with E-state index in [4.69, 9.17) is 4.74 Å². The summed E-state index contributed by atoms with van der Waals surface area (Å²) in [5.74, 6) is 0.268. The average molecular weight is 323 g/mol. The van der Waals surface area contributed by atoms with Crippen LogP contribution in [0.4, 0.5) is 18.9 Å². The summed E-state index contributed by atoms with van der Waals surface area (Å²) < 4.78 is 42.8. The van der Waals surface area contributed by atoms with E-state index in [1.165, 1.54) is 12.1 Å². The third-order valence-electron chi connectivity index (χ3n) is 3.06. The molecule has 0 atom stereocenters. The number of rotatable bonds is 5. The Labute approximate surface area is 132 Å². The number of benzene rings is 2. The molecule has 2 aromatic carbocycles. The van der Waals surface area contributed by atoms with Gasteiger partial charge in [0.05, 0.1) is 12.2 Å². The molecule has 0 aliphatic heterocycles. The highest BCUT2D eigenvalue weighted by molar-refractivity contribution is 6.04. The molecule has 0 aliphatic carbocycles. The maximum Gasteiger partial charge on any atom is 0.416 e. The lowest BCUT2D eigenvalue weighted by atomic mass is 10.1. The van der Waals surface area contributed by atoms with E-state index in [9.17, 15) is 18.0 Å². The molecule has 6 heteroatoms. The molecular formula is C17H16F3NO2. The predicted octanol–water partition coefficient (Wildman–Crippen LogP) is 4.75. The summed E-state index contributed by atoms with van der Waals surface area (Å²) in [6, 6.07) is 10.9. The van der Waals surface area contributed by atoms with Crippen molar-refractivity contribution in [2.24, 2.45) is 0 Å². The molecular weight excluding hydrogens is 307 g/mol. The minimum Gasteiger partial charge on any atom is -0.494 e. The standard InChI is InChI=1S/C17H16F3NO2/c1-2-11-23-15-9-3-12(4-10-15)16(22)21-14-7-5-13(6-8-14)17(18,19)20/h3-10H,2,11H2,1H3,(H,21,22). The van der Waals surface area contributed by atoms with Crippen molar-refractivity contribution in [3.8, 4) is 5.75 Å². The third-order valence-corrected chi connectivity index (χ3v) is 3.06. The second-order valence-corrected chi connectivity index (χ2v) is 4.90. The van der Waals surface area contributed by atoms with E-state index < -0.39 is 17.6 Å². The first-order valence-corrected chi connectivity index (χ1v) is 7.11. The molecule has 0 aromatic heterocycles. The smallest absolute Gasteiger partial charge is 0.416 e. The lowest BCUT2D eigenvalue weighted by Gasteiger charge is -2.09. The minimum absolute atomic E-state index is 0.300. The van der Waals surface area contributed by atoms with E-state index in [2.05, 4.69) is 5.32 Å². The number of carbonyl (C=O) groups excluding carboxylic acids is 1. The largest absolute Gasteiger partial charge is 0.494 e. The first kappa shape index (κ1) is 16.9. The van der Waals surface area contributed by atoms with Crippen LogP contribution in [0.25, 0.3) is 0 Å². The summed E-state index contributed by atoms with van der Waals surface area (Å²) in [5, 5.41) is 2.55. The van der Waals surface area contributed by atoms with E-state index in [-0.39, 0.29) is 0 Å². The van der Waals surface area contributed by atoms with Crippen molar-refractivity contribution >= 4 is 11.6 Å². The quantitative estimate of drug-likeness (QED) is 0.862. The van der Waals surface area contributed by atoms with Gasteiger partial charge in [-0.05, 0) is 55.0 Å². The Morgan fingerprint density at radius 1 is 1.04 bits per heavy atom. The van der Waals surface area contributed by atoms with Gasteiger partial charge >= 0.3 is 6.18 Å². The summed E-state index contributed by atoms with van der Waals surface area (Å²) >= 11 is 0. The van der Waals surface area contributed by atoms with Crippen LogP contribution in [0, 0.1) is 0 Å². The fourth-order valence-electron chi connectivity index (χ4n) is 1.87. The SMILES string of the molecule is CCCOc1ccc(C(=O)Nc2ccc(C(F)(F)F)cc2)cc1. The molecule has 0 aliphatic rings. The van der Waals surface area contributed by atoms with Gasteiger partial charge in [0.1, 0.15) is 5.75 Å².